The van der Waals surface area contributed by atoms with Crippen molar-refractivity contribution in [2.24, 2.45) is 0 Å². The first-order valence-corrected chi connectivity index (χ1v) is 25.6. The maximum Gasteiger partial charge on any atom is 0.104 e. The van der Waals surface area contributed by atoms with Crippen molar-refractivity contribution in [2.45, 2.75) is 258 Å². The summed E-state index contributed by atoms with van der Waals surface area (Å²) in [6.45, 7) is 12.2. The van der Waals surface area contributed by atoms with Gasteiger partial charge in [0, 0.05) is 5.56 Å². The number of allylic oxidation sites excluding steroid dienone is 6. The molecule has 0 spiro atoms. The van der Waals surface area contributed by atoms with Gasteiger partial charge in [-0.3, -0.25) is 0 Å². The van der Waals surface area contributed by atoms with Gasteiger partial charge in [0.15, 0.2) is 0 Å². The van der Waals surface area contributed by atoms with Gasteiger partial charge in [0.05, 0.1) is 19.6 Å². The minimum atomic E-state index is 1.22. The fourth-order valence-electron chi connectivity index (χ4n) is 8.57. The highest BCUT2D eigenvalue weighted by atomic mass is 15.3. The Morgan fingerprint density at radius 1 is 0.304 bits per heavy atom. The van der Waals surface area contributed by atoms with E-state index in [4.69, 9.17) is 0 Å². The van der Waals surface area contributed by atoms with Gasteiger partial charge in [0.1, 0.15) is 6.54 Å². The van der Waals surface area contributed by atoms with E-state index in [-0.39, 0.29) is 0 Å². The predicted octanol–water partition coefficient (Wildman–Crippen LogP) is 18.8. The summed E-state index contributed by atoms with van der Waals surface area (Å²) in [5, 5.41) is 0. The average Bonchev–Trinajstić information content (AvgIpc) is 3.21. The summed E-state index contributed by atoms with van der Waals surface area (Å²) in [7, 11) is 0. The largest absolute Gasteiger partial charge is 0.320 e. The fourth-order valence-corrected chi connectivity index (χ4v) is 8.57. The monoisotopic (exact) mass is 775 g/mol. The number of nitrogens with zero attached hydrogens (tertiary/aromatic N) is 1. The molecular formula is C55H100N+. The SMILES string of the molecule is CCCCCCCCC/C=C/CCCCC[N+](CCCCC/C=C/CCCCCCCCC)(CCCCC/C=C/CCCCCCCCC)Cc1ccccc1. The Labute approximate surface area is 353 Å². The summed E-state index contributed by atoms with van der Waals surface area (Å²) >= 11 is 0. The predicted molar refractivity (Wildman–Crippen MR) is 256 cm³/mol. The molecule has 1 aromatic carbocycles. The normalized spacial score (nSPS) is 12.3. The number of unbranched alkanes of at least 4 members (excludes halogenated alkanes) is 30. The molecule has 1 nitrogen and oxygen atoms in total. The summed E-state index contributed by atoms with van der Waals surface area (Å²) in [5.41, 5.74) is 1.54. The molecule has 0 atom stereocenters. The molecule has 0 N–H and O–H groups in total. The molecule has 0 fully saturated rings. The number of rotatable bonds is 44. The lowest BCUT2D eigenvalue weighted by molar-refractivity contribution is -0.941. The van der Waals surface area contributed by atoms with E-state index < -0.39 is 0 Å². The van der Waals surface area contributed by atoms with Crippen LogP contribution in [0.15, 0.2) is 66.8 Å². The first-order valence-electron chi connectivity index (χ1n) is 25.6. The van der Waals surface area contributed by atoms with Crippen LogP contribution < -0.4 is 0 Å². The van der Waals surface area contributed by atoms with Gasteiger partial charge < -0.3 is 4.48 Å². The molecule has 1 aromatic rings. The van der Waals surface area contributed by atoms with E-state index in [1.165, 1.54) is 262 Å². The molecule has 0 amide bonds. The van der Waals surface area contributed by atoms with Crippen LogP contribution >= 0.6 is 0 Å². The van der Waals surface area contributed by atoms with E-state index in [1.54, 1.807) is 5.56 Å². The van der Waals surface area contributed by atoms with Crippen LogP contribution in [0.3, 0.4) is 0 Å². The van der Waals surface area contributed by atoms with Crippen molar-refractivity contribution in [2.75, 3.05) is 19.6 Å². The Hall–Kier alpha value is -1.60. The molecule has 0 radical (unpaired) electrons. The van der Waals surface area contributed by atoms with Gasteiger partial charge in [-0.25, -0.2) is 0 Å². The molecular weight excluding hydrogens is 675 g/mol. The van der Waals surface area contributed by atoms with Crippen LogP contribution in [0.4, 0.5) is 0 Å². The Bertz CT molecular complexity index is 879. The van der Waals surface area contributed by atoms with Crippen molar-refractivity contribution >= 4 is 0 Å². The Morgan fingerprint density at radius 2 is 0.554 bits per heavy atom. The third kappa shape index (κ3) is 35.6. The Kier molecular flexibility index (Phi) is 40.2. The number of quaternary nitrogens is 1. The summed E-state index contributed by atoms with van der Waals surface area (Å²) in [6, 6.07) is 11.5. The highest BCUT2D eigenvalue weighted by Gasteiger charge is 2.26. The lowest BCUT2D eigenvalue weighted by Gasteiger charge is -2.39. The molecule has 0 heterocycles. The third-order valence-electron chi connectivity index (χ3n) is 12.3. The van der Waals surface area contributed by atoms with E-state index in [0.29, 0.717) is 0 Å². The average molecular weight is 775 g/mol. The Morgan fingerprint density at radius 3 is 0.839 bits per heavy atom. The lowest BCUT2D eigenvalue weighted by Crippen LogP contribution is -2.49. The molecule has 1 rings (SSSR count). The molecule has 0 saturated heterocycles. The maximum absolute atomic E-state index is 2.50. The summed E-state index contributed by atoms with van der Waals surface area (Å²) in [4.78, 5) is 0. The molecule has 0 aromatic heterocycles. The van der Waals surface area contributed by atoms with Crippen LogP contribution in [0, 0.1) is 0 Å². The maximum atomic E-state index is 2.50. The molecule has 0 saturated carbocycles. The van der Waals surface area contributed by atoms with Gasteiger partial charge in [0.25, 0.3) is 0 Å². The minimum absolute atomic E-state index is 1.22. The van der Waals surface area contributed by atoms with Crippen molar-refractivity contribution < 1.29 is 4.48 Å². The van der Waals surface area contributed by atoms with Gasteiger partial charge in [0.2, 0.25) is 0 Å². The number of benzene rings is 1. The molecule has 0 aliphatic rings. The summed E-state index contributed by atoms with van der Waals surface area (Å²) < 4.78 is 1.31. The van der Waals surface area contributed by atoms with Gasteiger partial charge in [-0.1, -0.05) is 203 Å². The second-order valence-electron chi connectivity index (χ2n) is 17.8. The topological polar surface area (TPSA) is 0 Å². The molecule has 324 valence electrons. The van der Waals surface area contributed by atoms with E-state index in [1.807, 2.05) is 0 Å². The van der Waals surface area contributed by atoms with Crippen molar-refractivity contribution in [1.82, 2.24) is 0 Å². The van der Waals surface area contributed by atoms with Crippen molar-refractivity contribution in [3.05, 3.63) is 72.4 Å². The Balaban J connectivity index is 2.57. The second-order valence-corrected chi connectivity index (χ2v) is 17.8. The van der Waals surface area contributed by atoms with Crippen molar-refractivity contribution in [3.8, 4) is 0 Å². The first kappa shape index (κ1) is 52.4. The molecule has 0 bridgehead atoms. The molecule has 56 heavy (non-hydrogen) atoms. The van der Waals surface area contributed by atoms with E-state index in [2.05, 4.69) is 87.6 Å². The minimum Gasteiger partial charge on any atom is -0.320 e. The standard InChI is InChI=1S/C55H100N/c1-4-7-10-13-16-19-22-25-28-31-34-37-40-46-51-56(54-55-49-44-43-45-50-55,52-47-41-38-35-32-29-26-23-20-17-14-11-8-5-2)53-48-42-39-36-33-30-27-24-21-18-15-12-9-6-3/h28-33,43-45,49-50H,4-27,34-42,46-48,51-54H2,1-3H3/q+1/b31-28+,32-29+,33-30+. The molecule has 0 unspecified atom stereocenters. The van der Waals surface area contributed by atoms with Crippen molar-refractivity contribution in [3.63, 3.8) is 0 Å². The lowest BCUT2D eigenvalue weighted by atomic mass is 10.1. The van der Waals surface area contributed by atoms with Crippen LogP contribution in [0.1, 0.15) is 257 Å². The molecule has 0 aliphatic heterocycles. The molecule has 1 heteroatoms. The van der Waals surface area contributed by atoms with Gasteiger partial charge in [-0.15, -0.1) is 0 Å². The van der Waals surface area contributed by atoms with Crippen LogP contribution in [0.2, 0.25) is 0 Å². The zero-order valence-corrected chi connectivity index (χ0v) is 38.6. The quantitative estimate of drug-likeness (QED) is 0.0352. The zero-order valence-electron chi connectivity index (χ0n) is 38.6. The van der Waals surface area contributed by atoms with Gasteiger partial charge in [-0.05, 0) is 116 Å². The van der Waals surface area contributed by atoms with E-state index in [0.717, 1.165) is 0 Å². The first-order chi connectivity index (χ1) is 27.8. The summed E-state index contributed by atoms with van der Waals surface area (Å²) in [5.74, 6) is 0. The fraction of sp³-hybridized carbons (Fsp3) is 0.782. The number of hydrogen-bond donors (Lipinski definition) is 0. The zero-order chi connectivity index (χ0) is 40.1. The highest BCUT2D eigenvalue weighted by Crippen LogP contribution is 2.22. The van der Waals surface area contributed by atoms with Crippen molar-refractivity contribution in [1.29, 1.82) is 0 Å². The van der Waals surface area contributed by atoms with Gasteiger partial charge >= 0.3 is 0 Å². The van der Waals surface area contributed by atoms with E-state index >= 15 is 0 Å². The van der Waals surface area contributed by atoms with Crippen LogP contribution in [-0.4, -0.2) is 24.1 Å². The smallest absolute Gasteiger partial charge is 0.104 e. The van der Waals surface area contributed by atoms with E-state index in [9.17, 15) is 0 Å². The summed E-state index contributed by atoms with van der Waals surface area (Å²) in [6.07, 6.45) is 64.6. The van der Waals surface area contributed by atoms with Crippen LogP contribution in [-0.2, 0) is 6.54 Å². The second kappa shape index (κ2) is 43.0. The third-order valence-corrected chi connectivity index (χ3v) is 12.3. The highest BCUT2D eigenvalue weighted by molar-refractivity contribution is 5.13. The van der Waals surface area contributed by atoms with Crippen LogP contribution in [0.25, 0.3) is 0 Å². The molecule has 0 aliphatic carbocycles. The van der Waals surface area contributed by atoms with Gasteiger partial charge in [-0.2, -0.15) is 0 Å². The van der Waals surface area contributed by atoms with Crippen LogP contribution in [0.5, 0.6) is 0 Å². The number of hydrogen-bond acceptors (Lipinski definition) is 0.